The predicted octanol–water partition coefficient (Wildman–Crippen LogP) is 10.4. The molecule has 0 radical (unpaired) electrons. The van der Waals surface area contributed by atoms with Crippen molar-refractivity contribution in [3.8, 4) is 0 Å². The zero-order valence-corrected chi connectivity index (χ0v) is 29.5. The van der Waals surface area contributed by atoms with Gasteiger partial charge in [0.1, 0.15) is 12.5 Å². The lowest BCUT2D eigenvalue weighted by molar-refractivity contribution is 0.412. The number of aliphatic imine (C=N–C) groups is 1. The number of benzene rings is 1. The van der Waals surface area contributed by atoms with E-state index in [0.29, 0.717) is 12.6 Å². The third-order valence-electron chi connectivity index (χ3n) is 8.72. The Bertz CT molecular complexity index is 1790. The number of unbranched alkanes of at least 4 members (excludes halogenated alkanes) is 2. The Balaban J connectivity index is 1.25. The molecule has 0 fully saturated rings. The Hall–Kier alpha value is -5.49. The summed E-state index contributed by atoms with van der Waals surface area (Å²) in [7, 11) is 0. The van der Waals surface area contributed by atoms with Crippen molar-refractivity contribution < 1.29 is 0 Å². The minimum absolute atomic E-state index is 0.0258. The smallest absolute Gasteiger partial charge is 0.137 e. The van der Waals surface area contributed by atoms with Crippen LogP contribution in [0.15, 0.2) is 169 Å². The lowest BCUT2D eigenvalue weighted by Crippen LogP contribution is -2.23. The molecule has 0 saturated carbocycles. The van der Waals surface area contributed by atoms with Gasteiger partial charge >= 0.3 is 0 Å². The predicted molar refractivity (Wildman–Crippen MR) is 211 cm³/mol. The summed E-state index contributed by atoms with van der Waals surface area (Å²) in [6.45, 7) is 12.6. The van der Waals surface area contributed by atoms with E-state index in [1.165, 1.54) is 5.70 Å². The molecule has 1 aliphatic heterocycles. The highest BCUT2D eigenvalue weighted by molar-refractivity contribution is 6.07. The normalized spacial score (nSPS) is 17.4. The second-order valence-electron chi connectivity index (χ2n) is 12.4. The highest BCUT2D eigenvalue weighted by Crippen LogP contribution is 2.28. The van der Waals surface area contributed by atoms with E-state index in [0.717, 1.165) is 78.5 Å². The van der Waals surface area contributed by atoms with Gasteiger partial charge in [-0.15, -0.1) is 6.58 Å². The quantitative estimate of drug-likeness (QED) is 0.0886. The van der Waals surface area contributed by atoms with Crippen LogP contribution in [0.4, 0.5) is 11.5 Å². The van der Waals surface area contributed by atoms with Gasteiger partial charge < -0.3 is 15.1 Å². The number of allylic oxidation sites excluding steroid dienone is 11. The molecule has 1 aromatic carbocycles. The standard InChI is InChI=1S/C44H50N6/c1-5-8-9-10-16-33-50(38-24-12-11-13-25-38)44-30-19-28-42(48-44)41-27-18-23-37(47-41)32-31-36-22-17-26-40(46-36)39(20-6-2)45-34-49(7-3)43-29-15-14-21-35(43)4/h5-7,11-20,22-30,33,35,41,47H,1,3,8-10,21,31-32,34H2,2,4H3/b20-6-,33-16+,45-39?/t35-,41?/m1/s1. The molecule has 0 amide bonds. The van der Waals surface area contributed by atoms with Gasteiger partial charge in [0.05, 0.1) is 23.1 Å². The third-order valence-corrected chi connectivity index (χ3v) is 8.72. The van der Waals surface area contributed by atoms with Crippen molar-refractivity contribution in [3.63, 3.8) is 0 Å². The van der Waals surface area contributed by atoms with Crippen LogP contribution in [0.25, 0.3) is 0 Å². The molecule has 2 atom stereocenters. The summed E-state index contributed by atoms with van der Waals surface area (Å²) < 4.78 is 0. The summed E-state index contributed by atoms with van der Waals surface area (Å²) in [5.41, 5.74) is 7.21. The second-order valence-corrected chi connectivity index (χ2v) is 12.4. The van der Waals surface area contributed by atoms with Gasteiger partial charge in [0.2, 0.25) is 0 Å². The van der Waals surface area contributed by atoms with Crippen molar-refractivity contribution in [3.05, 3.63) is 182 Å². The number of hydrogen-bond acceptors (Lipinski definition) is 6. The molecule has 5 rings (SSSR count). The number of anilines is 2. The van der Waals surface area contributed by atoms with Crippen LogP contribution in [0.2, 0.25) is 0 Å². The molecule has 1 N–H and O–H groups in total. The summed E-state index contributed by atoms with van der Waals surface area (Å²) in [6, 6.07) is 22.8. The van der Waals surface area contributed by atoms with Crippen LogP contribution in [-0.2, 0) is 6.42 Å². The molecule has 3 heterocycles. The van der Waals surface area contributed by atoms with Crippen LogP contribution in [0.3, 0.4) is 0 Å². The molecule has 1 unspecified atom stereocenters. The van der Waals surface area contributed by atoms with Crippen molar-refractivity contribution in [1.29, 1.82) is 0 Å². The summed E-state index contributed by atoms with van der Waals surface area (Å²) in [4.78, 5) is 19.4. The van der Waals surface area contributed by atoms with Crippen LogP contribution in [0, 0.1) is 5.92 Å². The highest BCUT2D eigenvalue weighted by atomic mass is 15.2. The van der Waals surface area contributed by atoms with Crippen LogP contribution in [-0.4, -0.2) is 27.2 Å². The molecule has 0 saturated heterocycles. The van der Waals surface area contributed by atoms with Gasteiger partial charge in [0.15, 0.2) is 0 Å². The summed E-state index contributed by atoms with van der Waals surface area (Å²) in [5, 5.41) is 3.72. The molecule has 2 aliphatic rings. The van der Waals surface area contributed by atoms with E-state index < -0.39 is 0 Å². The lowest BCUT2D eigenvalue weighted by atomic mass is 9.98. The monoisotopic (exact) mass is 662 g/mol. The first-order chi connectivity index (χ1) is 24.6. The number of rotatable bonds is 17. The average Bonchev–Trinajstić information content (AvgIpc) is 3.16. The van der Waals surface area contributed by atoms with Gasteiger partial charge in [-0.25, -0.2) is 4.98 Å². The topological polar surface area (TPSA) is 56.6 Å². The molecule has 0 bridgehead atoms. The molecule has 50 heavy (non-hydrogen) atoms. The van der Waals surface area contributed by atoms with Crippen molar-refractivity contribution in [2.75, 3.05) is 11.6 Å². The first kappa shape index (κ1) is 35.8. The molecule has 6 heteroatoms. The SMILES string of the molecule is C=CCCC/C=C/N(c1ccccc1)c1cccc(C2C=CC=C(CCc3cccc(C(/C=C\C)=NCN(C=C)C4=CC=CC[C@H]4C)n3)N2)n1. The summed E-state index contributed by atoms with van der Waals surface area (Å²) in [6.07, 6.45) is 30.9. The van der Waals surface area contributed by atoms with E-state index in [2.05, 4.69) is 139 Å². The van der Waals surface area contributed by atoms with Crippen molar-refractivity contribution in [1.82, 2.24) is 20.2 Å². The number of dihydropyridines is 1. The first-order valence-corrected chi connectivity index (χ1v) is 17.7. The molecule has 0 spiro atoms. The Morgan fingerprint density at radius 3 is 2.62 bits per heavy atom. The van der Waals surface area contributed by atoms with Crippen molar-refractivity contribution in [2.45, 2.75) is 58.4 Å². The van der Waals surface area contributed by atoms with E-state index in [-0.39, 0.29) is 6.04 Å². The molecular formula is C44H50N6. The van der Waals surface area contributed by atoms with E-state index in [4.69, 9.17) is 15.0 Å². The summed E-state index contributed by atoms with van der Waals surface area (Å²) in [5.74, 6) is 1.32. The maximum absolute atomic E-state index is 5.13. The van der Waals surface area contributed by atoms with Gasteiger partial charge in [-0.3, -0.25) is 9.98 Å². The maximum atomic E-state index is 5.13. The number of pyridine rings is 2. The van der Waals surface area contributed by atoms with Gasteiger partial charge in [-0.2, -0.15) is 0 Å². The first-order valence-electron chi connectivity index (χ1n) is 17.7. The zero-order valence-electron chi connectivity index (χ0n) is 29.5. The number of aryl methyl sites for hydroxylation is 1. The lowest BCUT2D eigenvalue weighted by Gasteiger charge is -2.27. The fourth-order valence-electron chi connectivity index (χ4n) is 6.01. The molecule has 1 aliphatic carbocycles. The van der Waals surface area contributed by atoms with E-state index in [9.17, 15) is 0 Å². The molecule has 6 nitrogen and oxygen atoms in total. The average molecular weight is 663 g/mol. The highest BCUT2D eigenvalue weighted by Gasteiger charge is 2.18. The fraction of sp³-hybridized carbons (Fsp3) is 0.250. The molecular weight excluding hydrogens is 613 g/mol. The van der Waals surface area contributed by atoms with Crippen LogP contribution in [0.5, 0.6) is 0 Å². The third kappa shape index (κ3) is 10.0. The Morgan fingerprint density at radius 1 is 0.960 bits per heavy atom. The van der Waals surface area contributed by atoms with E-state index in [1.807, 2.05) is 43.5 Å². The minimum Gasteiger partial charge on any atom is -0.377 e. The fourth-order valence-corrected chi connectivity index (χ4v) is 6.01. The largest absolute Gasteiger partial charge is 0.377 e. The maximum Gasteiger partial charge on any atom is 0.137 e. The van der Waals surface area contributed by atoms with Gasteiger partial charge in [0, 0.05) is 29.0 Å². The van der Waals surface area contributed by atoms with Crippen molar-refractivity contribution >= 4 is 17.2 Å². The molecule has 2 aromatic heterocycles. The number of aromatic nitrogens is 2. The van der Waals surface area contributed by atoms with Gasteiger partial charge in [-0.05, 0) is 112 Å². The van der Waals surface area contributed by atoms with Crippen LogP contribution in [0.1, 0.15) is 69.1 Å². The van der Waals surface area contributed by atoms with Gasteiger partial charge in [0.25, 0.3) is 0 Å². The Morgan fingerprint density at radius 2 is 1.82 bits per heavy atom. The Kier molecular flexibility index (Phi) is 13.5. The number of para-hydroxylation sites is 1. The number of hydrogen-bond donors (Lipinski definition) is 1. The Labute approximate surface area is 299 Å². The van der Waals surface area contributed by atoms with Crippen LogP contribution < -0.4 is 10.2 Å². The molecule has 3 aromatic rings. The zero-order chi connectivity index (χ0) is 35.0. The van der Waals surface area contributed by atoms with Crippen LogP contribution >= 0.6 is 0 Å². The van der Waals surface area contributed by atoms with Gasteiger partial charge in [-0.1, -0.05) is 86.4 Å². The number of nitrogens with one attached hydrogen (secondary N) is 1. The van der Waals surface area contributed by atoms with E-state index >= 15 is 0 Å². The second kappa shape index (κ2) is 18.9. The number of nitrogens with zero attached hydrogens (tertiary/aromatic N) is 5. The molecule has 256 valence electrons. The van der Waals surface area contributed by atoms with Crippen molar-refractivity contribution in [2.24, 2.45) is 10.9 Å². The summed E-state index contributed by atoms with van der Waals surface area (Å²) >= 11 is 0. The minimum atomic E-state index is -0.0258. The van der Waals surface area contributed by atoms with E-state index in [1.54, 1.807) is 0 Å².